The van der Waals surface area contributed by atoms with Crippen LogP contribution in [0.2, 0.25) is 0 Å². The van der Waals surface area contributed by atoms with E-state index in [-0.39, 0.29) is 23.7 Å². The molecule has 6 heteroatoms. The molecule has 3 aromatic rings. The highest BCUT2D eigenvalue weighted by Gasteiger charge is 2.34. The molecule has 0 saturated carbocycles. The molecule has 3 heterocycles. The molecule has 1 aromatic heterocycles. The Morgan fingerprint density at radius 3 is 2.73 bits per heavy atom. The summed E-state index contributed by atoms with van der Waals surface area (Å²) in [5.74, 6) is 0.934. The summed E-state index contributed by atoms with van der Waals surface area (Å²) >= 11 is 0. The molecule has 0 fully saturated rings. The van der Waals surface area contributed by atoms with Crippen molar-refractivity contribution in [3.8, 4) is 5.75 Å². The first kappa shape index (κ1) is 15.3. The Hall–Kier alpha value is -3.02. The number of aromatic amines is 1. The van der Waals surface area contributed by atoms with E-state index in [1.165, 1.54) is 0 Å². The highest BCUT2D eigenvalue weighted by Crippen LogP contribution is 2.41. The van der Waals surface area contributed by atoms with Crippen LogP contribution in [0.3, 0.4) is 0 Å². The van der Waals surface area contributed by atoms with Crippen molar-refractivity contribution in [1.82, 2.24) is 15.0 Å². The normalized spacial score (nSPS) is 24.2. The van der Waals surface area contributed by atoms with Gasteiger partial charge in [0.15, 0.2) is 0 Å². The van der Waals surface area contributed by atoms with Crippen LogP contribution in [0.4, 0.5) is 0 Å². The van der Waals surface area contributed by atoms with Crippen LogP contribution in [0.25, 0.3) is 11.0 Å². The summed E-state index contributed by atoms with van der Waals surface area (Å²) in [5, 5.41) is 4.37. The van der Waals surface area contributed by atoms with Gasteiger partial charge in [-0.05, 0) is 25.5 Å². The molecule has 0 saturated heterocycles. The maximum Gasteiger partial charge on any atom is 0.327 e. The maximum absolute atomic E-state index is 12.7. The average molecular weight is 348 g/mol. The third-order valence-electron chi connectivity index (χ3n) is 5.47. The SMILES string of the molecule is CC1=NNC(C)C1c1ccc2[nH]c(=O)n3c2c1OCC3c1ccccc1. The van der Waals surface area contributed by atoms with Crippen molar-refractivity contribution in [2.24, 2.45) is 5.10 Å². The number of hydrogen-bond acceptors (Lipinski definition) is 4. The molecule has 0 aliphatic carbocycles. The van der Waals surface area contributed by atoms with Gasteiger partial charge in [-0.15, -0.1) is 0 Å². The summed E-state index contributed by atoms with van der Waals surface area (Å²) in [7, 11) is 0. The molecule has 2 aromatic carbocycles. The van der Waals surface area contributed by atoms with Crippen molar-refractivity contribution in [2.75, 3.05) is 6.61 Å². The number of hydrazone groups is 1. The zero-order valence-electron chi connectivity index (χ0n) is 14.7. The van der Waals surface area contributed by atoms with Crippen LogP contribution in [-0.4, -0.2) is 27.9 Å². The van der Waals surface area contributed by atoms with Crippen LogP contribution in [0.15, 0.2) is 52.4 Å². The molecule has 132 valence electrons. The van der Waals surface area contributed by atoms with Gasteiger partial charge in [0.2, 0.25) is 0 Å². The number of nitrogens with one attached hydrogen (secondary N) is 2. The Balaban J connectivity index is 1.74. The largest absolute Gasteiger partial charge is 0.488 e. The number of nitrogens with zero attached hydrogens (tertiary/aromatic N) is 2. The van der Waals surface area contributed by atoms with Gasteiger partial charge in [-0.25, -0.2) is 4.79 Å². The maximum atomic E-state index is 12.7. The molecule has 3 unspecified atom stereocenters. The van der Waals surface area contributed by atoms with Crippen LogP contribution in [0.5, 0.6) is 5.75 Å². The van der Waals surface area contributed by atoms with Crippen molar-refractivity contribution in [3.63, 3.8) is 0 Å². The minimum atomic E-state index is -0.130. The molecule has 0 spiro atoms. The summed E-state index contributed by atoms with van der Waals surface area (Å²) in [4.78, 5) is 15.7. The first-order valence-electron chi connectivity index (χ1n) is 8.89. The van der Waals surface area contributed by atoms with E-state index in [4.69, 9.17) is 4.74 Å². The molecule has 2 aliphatic heterocycles. The van der Waals surface area contributed by atoms with Crippen molar-refractivity contribution in [1.29, 1.82) is 0 Å². The third kappa shape index (κ3) is 2.05. The number of rotatable bonds is 2. The second-order valence-electron chi connectivity index (χ2n) is 7.07. The van der Waals surface area contributed by atoms with Gasteiger partial charge in [0, 0.05) is 17.2 Å². The summed E-state index contributed by atoms with van der Waals surface area (Å²) in [6.07, 6.45) is 0. The van der Waals surface area contributed by atoms with Crippen LogP contribution >= 0.6 is 0 Å². The van der Waals surface area contributed by atoms with Crippen molar-refractivity contribution in [2.45, 2.75) is 31.8 Å². The Morgan fingerprint density at radius 1 is 1.19 bits per heavy atom. The van der Waals surface area contributed by atoms with Crippen molar-refractivity contribution < 1.29 is 4.74 Å². The first-order chi connectivity index (χ1) is 12.6. The number of benzene rings is 2. The summed E-state index contributed by atoms with van der Waals surface area (Å²) in [6.45, 7) is 4.57. The van der Waals surface area contributed by atoms with Crippen molar-refractivity contribution >= 4 is 16.7 Å². The lowest BCUT2D eigenvalue weighted by atomic mass is 9.88. The van der Waals surface area contributed by atoms with Crippen LogP contribution in [0.1, 0.15) is 36.9 Å². The molecule has 2 N–H and O–H groups in total. The minimum Gasteiger partial charge on any atom is -0.488 e. The first-order valence-corrected chi connectivity index (χ1v) is 8.89. The number of ether oxygens (including phenoxy) is 1. The molecular weight excluding hydrogens is 328 g/mol. The topological polar surface area (TPSA) is 71.4 Å². The second kappa shape index (κ2) is 5.49. The smallest absolute Gasteiger partial charge is 0.327 e. The van der Waals surface area contributed by atoms with Crippen molar-refractivity contribution in [3.05, 3.63) is 64.1 Å². The Labute approximate surface area is 150 Å². The zero-order chi connectivity index (χ0) is 17.8. The van der Waals surface area contributed by atoms with Crippen LogP contribution in [0, 0.1) is 0 Å². The molecular formula is C20H20N4O2. The van der Waals surface area contributed by atoms with Gasteiger partial charge in [0.05, 0.1) is 17.6 Å². The Bertz CT molecular complexity index is 1080. The highest BCUT2D eigenvalue weighted by molar-refractivity contribution is 5.94. The van der Waals surface area contributed by atoms with E-state index >= 15 is 0 Å². The fourth-order valence-corrected chi connectivity index (χ4v) is 4.26. The molecule has 0 bridgehead atoms. The van der Waals surface area contributed by atoms with E-state index in [1.807, 2.05) is 54.0 Å². The van der Waals surface area contributed by atoms with E-state index < -0.39 is 0 Å². The predicted octanol–water partition coefficient (Wildman–Crippen LogP) is 2.76. The van der Waals surface area contributed by atoms with E-state index in [0.717, 1.165) is 33.6 Å². The van der Waals surface area contributed by atoms with Gasteiger partial charge in [0.1, 0.15) is 17.9 Å². The molecule has 26 heavy (non-hydrogen) atoms. The highest BCUT2D eigenvalue weighted by atomic mass is 16.5. The Morgan fingerprint density at radius 2 is 2.00 bits per heavy atom. The van der Waals surface area contributed by atoms with Gasteiger partial charge in [-0.2, -0.15) is 5.10 Å². The summed E-state index contributed by atoms with van der Waals surface area (Å²) in [6, 6.07) is 14.1. The lowest BCUT2D eigenvalue weighted by molar-refractivity contribution is 0.253. The monoisotopic (exact) mass is 348 g/mol. The molecule has 5 rings (SSSR count). The molecule has 0 amide bonds. The lowest BCUT2D eigenvalue weighted by Crippen LogP contribution is -2.31. The predicted molar refractivity (Wildman–Crippen MR) is 101 cm³/mol. The van der Waals surface area contributed by atoms with Crippen LogP contribution in [-0.2, 0) is 0 Å². The Kier molecular flexibility index (Phi) is 3.22. The van der Waals surface area contributed by atoms with Crippen LogP contribution < -0.4 is 15.9 Å². The molecule has 2 aliphatic rings. The summed E-state index contributed by atoms with van der Waals surface area (Å²) < 4.78 is 8.09. The van der Waals surface area contributed by atoms with Gasteiger partial charge in [-0.3, -0.25) is 4.57 Å². The number of H-pyrrole nitrogens is 1. The quantitative estimate of drug-likeness (QED) is 0.748. The minimum absolute atomic E-state index is 0.0986. The van der Waals surface area contributed by atoms with E-state index in [1.54, 1.807) is 0 Å². The number of imidazole rings is 1. The standard InChI is InChI=1S/C20H20N4O2/c1-11-17(12(2)23-22-11)14-8-9-15-18-19(14)26-10-16(24(18)20(25)21-15)13-6-4-3-5-7-13/h3-9,11,16-17,22H,10H2,1-2H3,(H,21,25). The van der Waals surface area contributed by atoms with Gasteiger partial charge in [-0.1, -0.05) is 36.4 Å². The second-order valence-corrected chi connectivity index (χ2v) is 7.07. The molecule has 0 radical (unpaired) electrons. The third-order valence-corrected chi connectivity index (χ3v) is 5.47. The van der Waals surface area contributed by atoms with Gasteiger partial charge < -0.3 is 15.1 Å². The fourth-order valence-electron chi connectivity index (χ4n) is 4.26. The zero-order valence-corrected chi connectivity index (χ0v) is 14.7. The van der Waals surface area contributed by atoms with Gasteiger partial charge in [0.25, 0.3) is 0 Å². The lowest BCUT2D eigenvalue weighted by Gasteiger charge is -2.28. The number of hydrogen-bond donors (Lipinski definition) is 2. The summed E-state index contributed by atoms with van der Waals surface area (Å²) in [5.41, 5.74) is 7.88. The van der Waals surface area contributed by atoms with E-state index in [0.29, 0.717) is 6.61 Å². The van der Waals surface area contributed by atoms with E-state index in [9.17, 15) is 4.79 Å². The average Bonchev–Trinajstić information content (AvgIpc) is 3.17. The molecule has 3 atom stereocenters. The fraction of sp³-hybridized carbons (Fsp3) is 0.300. The van der Waals surface area contributed by atoms with Gasteiger partial charge >= 0.3 is 5.69 Å². The number of aromatic nitrogens is 2. The van der Waals surface area contributed by atoms with E-state index in [2.05, 4.69) is 22.4 Å². The molecule has 6 nitrogen and oxygen atoms in total.